The van der Waals surface area contributed by atoms with Gasteiger partial charge in [0.1, 0.15) is 0 Å². The van der Waals surface area contributed by atoms with Crippen molar-refractivity contribution in [2.24, 2.45) is 11.8 Å². The Morgan fingerprint density at radius 3 is 2.86 bits per heavy atom. The maximum Gasteiger partial charge on any atom is 0.0515 e. The molecule has 1 aliphatic carbocycles. The highest BCUT2D eigenvalue weighted by molar-refractivity contribution is 5.20. The number of hydrogen-bond donors (Lipinski definition) is 3. The van der Waals surface area contributed by atoms with E-state index in [9.17, 15) is 0 Å². The zero-order valence-corrected chi connectivity index (χ0v) is 12.7. The second-order valence-electron chi connectivity index (χ2n) is 6.25. The van der Waals surface area contributed by atoms with E-state index in [0.717, 1.165) is 45.2 Å². The van der Waals surface area contributed by atoms with Crippen LogP contribution in [-0.4, -0.2) is 32.8 Å². The molecule has 3 N–H and O–H groups in total. The van der Waals surface area contributed by atoms with E-state index in [0.29, 0.717) is 12.0 Å². The molecule has 2 atom stereocenters. The zero-order chi connectivity index (χ0) is 14.3. The van der Waals surface area contributed by atoms with Crippen molar-refractivity contribution in [3.63, 3.8) is 0 Å². The Bertz CT molecular complexity index is 408. The molecular formula is C17H27N3O. The van der Waals surface area contributed by atoms with Crippen LogP contribution >= 0.6 is 0 Å². The summed E-state index contributed by atoms with van der Waals surface area (Å²) in [5.41, 5.74) is 8.04. The molecule has 1 aliphatic heterocycles. The molecule has 0 aromatic heterocycles. The summed E-state index contributed by atoms with van der Waals surface area (Å²) < 4.78 is 5.66. The van der Waals surface area contributed by atoms with Crippen molar-refractivity contribution in [3.8, 4) is 0 Å². The number of nitrogens with one attached hydrogen (secondary N) is 3. The Balaban J connectivity index is 1.30. The molecule has 2 unspecified atom stereocenters. The van der Waals surface area contributed by atoms with E-state index in [4.69, 9.17) is 4.74 Å². The fourth-order valence-electron chi connectivity index (χ4n) is 2.86. The quantitative estimate of drug-likeness (QED) is 0.607. The average molecular weight is 289 g/mol. The number of benzene rings is 1. The van der Waals surface area contributed by atoms with Crippen LogP contribution in [0.5, 0.6) is 0 Å². The first-order chi connectivity index (χ1) is 10.4. The highest BCUT2D eigenvalue weighted by Crippen LogP contribution is 2.28. The lowest BCUT2D eigenvalue weighted by Crippen LogP contribution is -2.29. The van der Waals surface area contributed by atoms with Gasteiger partial charge in [-0.15, -0.1) is 0 Å². The molecular weight excluding hydrogens is 262 g/mol. The van der Waals surface area contributed by atoms with Gasteiger partial charge >= 0.3 is 0 Å². The molecule has 3 rings (SSSR count). The van der Waals surface area contributed by atoms with Crippen molar-refractivity contribution in [2.75, 3.05) is 32.8 Å². The Kier molecular flexibility index (Phi) is 5.63. The summed E-state index contributed by atoms with van der Waals surface area (Å²) in [4.78, 5) is 0. The maximum atomic E-state index is 5.66. The molecule has 4 nitrogen and oxygen atoms in total. The van der Waals surface area contributed by atoms with E-state index >= 15 is 0 Å². The normalized spacial score (nSPS) is 25.3. The molecule has 21 heavy (non-hydrogen) atoms. The van der Waals surface area contributed by atoms with Crippen LogP contribution in [0.25, 0.3) is 0 Å². The van der Waals surface area contributed by atoms with Crippen molar-refractivity contribution in [3.05, 3.63) is 35.9 Å². The third kappa shape index (κ3) is 4.78. The molecule has 1 saturated carbocycles. The first kappa shape index (κ1) is 15.0. The van der Waals surface area contributed by atoms with Crippen molar-refractivity contribution >= 4 is 0 Å². The monoisotopic (exact) mass is 289 g/mol. The molecule has 2 aliphatic rings. The van der Waals surface area contributed by atoms with Gasteiger partial charge in [-0.25, -0.2) is 5.43 Å². The fourth-order valence-corrected chi connectivity index (χ4v) is 2.86. The molecule has 4 heteroatoms. The molecule has 0 spiro atoms. The highest BCUT2D eigenvalue weighted by atomic mass is 16.5. The molecule has 1 saturated heterocycles. The Morgan fingerprint density at radius 2 is 2.05 bits per heavy atom. The van der Waals surface area contributed by atoms with Crippen LogP contribution in [-0.2, 0) is 4.74 Å². The molecule has 0 radical (unpaired) electrons. The number of hydrazine groups is 1. The number of hydrogen-bond acceptors (Lipinski definition) is 4. The molecule has 0 amide bonds. The predicted molar refractivity (Wildman–Crippen MR) is 84.8 cm³/mol. The summed E-state index contributed by atoms with van der Waals surface area (Å²) >= 11 is 0. The summed E-state index contributed by atoms with van der Waals surface area (Å²) in [5, 5.41) is 3.57. The van der Waals surface area contributed by atoms with Crippen LogP contribution in [0.15, 0.2) is 30.3 Å². The standard InChI is InChI=1S/C17H27N3O/c1-2-5-15(6-3-1)17-16(12-19-20-17)11-18-9-4-10-21-13-14-7-8-14/h1-3,5-6,14,16-20H,4,7-13H2. The summed E-state index contributed by atoms with van der Waals surface area (Å²) in [6.45, 7) is 4.98. The van der Waals surface area contributed by atoms with Crippen molar-refractivity contribution in [1.82, 2.24) is 16.2 Å². The first-order valence-electron chi connectivity index (χ1n) is 8.25. The largest absolute Gasteiger partial charge is 0.381 e. The number of rotatable bonds is 9. The second kappa shape index (κ2) is 7.90. The molecule has 116 valence electrons. The summed E-state index contributed by atoms with van der Waals surface area (Å²) in [7, 11) is 0. The molecule has 1 aromatic carbocycles. The van der Waals surface area contributed by atoms with Crippen molar-refractivity contribution in [1.29, 1.82) is 0 Å². The van der Waals surface area contributed by atoms with Crippen LogP contribution in [0.3, 0.4) is 0 Å². The SMILES string of the molecule is c1ccc(C2NNCC2CNCCCOCC2CC2)cc1. The lowest BCUT2D eigenvalue weighted by Gasteiger charge is -2.19. The van der Waals surface area contributed by atoms with Crippen molar-refractivity contribution in [2.45, 2.75) is 25.3 Å². The third-order valence-electron chi connectivity index (χ3n) is 4.35. The smallest absolute Gasteiger partial charge is 0.0515 e. The second-order valence-corrected chi connectivity index (χ2v) is 6.25. The van der Waals surface area contributed by atoms with Crippen LogP contribution in [0, 0.1) is 11.8 Å². The van der Waals surface area contributed by atoms with Gasteiger partial charge in [0.05, 0.1) is 6.04 Å². The van der Waals surface area contributed by atoms with E-state index in [1.54, 1.807) is 0 Å². The van der Waals surface area contributed by atoms with Crippen LogP contribution in [0.4, 0.5) is 0 Å². The maximum absolute atomic E-state index is 5.66. The lowest BCUT2D eigenvalue weighted by atomic mass is 9.95. The van der Waals surface area contributed by atoms with Gasteiger partial charge in [-0.2, -0.15) is 0 Å². The topological polar surface area (TPSA) is 45.3 Å². The van der Waals surface area contributed by atoms with Gasteiger partial charge in [-0.3, -0.25) is 5.43 Å². The fraction of sp³-hybridized carbons (Fsp3) is 0.647. The average Bonchev–Trinajstić information content (AvgIpc) is 3.23. The minimum absolute atomic E-state index is 0.407. The van der Waals surface area contributed by atoms with Gasteiger partial charge in [0.15, 0.2) is 0 Å². The molecule has 1 aromatic rings. The Labute approximate surface area is 127 Å². The van der Waals surface area contributed by atoms with Crippen molar-refractivity contribution < 1.29 is 4.74 Å². The zero-order valence-electron chi connectivity index (χ0n) is 12.7. The van der Waals surface area contributed by atoms with Crippen LogP contribution in [0.1, 0.15) is 30.9 Å². The van der Waals surface area contributed by atoms with E-state index in [1.807, 2.05) is 0 Å². The Morgan fingerprint density at radius 1 is 1.19 bits per heavy atom. The van der Waals surface area contributed by atoms with Gasteiger partial charge < -0.3 is 10.1 Å². The van der Waals surface area contributed by atoms with Gasteiger partial charge in [0.25, 0.3) is 0 Å². The van der Waals surface area contributed by atoms with Crippen LogP contribution in [0.2, 0.25) is 0 Å². The van der Waals surface area contributed by atoms with Gasteiger partial charge in [0, 0.05) is 32.2 Å². The van der Waals surface area contributed by atoms with E-state index in [1.165, 1.54) is 18.4 Å². The summed E-state index contributed by atoms with van der Waals surface area (Å²) in [6.07, 6.45) is 3.86. The molecule has 2 fully saturated rings. The van der Waals surface area contributed by atoms with Gasteiger partial charge in [0.2, 0.25) is 0 Å². The summed E-state index contributed by atoms with van der Waals surface area (Å²) in [5.74, 6) is 1.47. The van der Waals surface area contributed by atoms with E-state index in [-0.39, 0.29) is 0 Å². The Hall–Kier alpha value is -0.940. The highest BCUT2D eigenvalue weighted by Gasteiger charge is 2.27. The van der Waals surface area contributed by atoms with Crippen LogP contribution < -0.4 is 16.2 Å². The van der Waals surface area contributed by atoms with Gasteiger partial charge in [-0.1, -0.05) is 30.3 Å². The summed E-state index contributed by atoms with van der Waals surface area (Å²) in [6, 6.07) is 11.1. The third-order valence-corrected chi connectivity index (χ3v) is 4.35. The number of ether oxygens (including phenoxy) is 1. The lowest BCUT2D eigenvalue weighted by molar-refractivity contribution is 0.122. The van der Waals surface area contributed by atoms with E-state index < -0.39 is 0 Å². The van der Waals surface area contributed by atoms with E-state index in [2.05, 4.69) is 46.5 Å². The predicted octanol–water partition coefficient (Wildman–Crippen LogP) is 1.86. The minimum atomic E-state index is 0.407. The molecule has 1 heterocycles. The first-order valence-corrected chi connectivity index (χ1v) is 8.25. The molecule has 0 bridgehead atoms. The minimum Gasteiger partial charge on any atom is -0.381 e. The van der Waals surface area contributed by atoms with Gasteiger partial charge in [-0.05, 0) is 37.3 Å².